The third-order valence-corrected chi connectivity index (χ3v) is 3.70. The van der Waals surface area contributed by atoms with Crippen LogP contribution in [0.25, 0.3) is 0 Å². The summed E-state index contributed by atoms with van der Waals surface area (Å²) in [6, 6.07) is 5.59. The lowest BCUT2D eigenvalue weighted by molar-refractivity contribution is 0.188. The number of ether oxygens (including phenoxy) is 2. The summed E-state index contributed by atoms with van der Waals surface area (Å²) < 4.78 is 11.3. The van der Waals surface area contributed by atoms with Crippen LogP contribution in [0.2, 0.25) is 0 Å². The molecule has 2 aromatic heterocycles. The smallest absolute Gasteiger partial charge is 0.228 e. The van der Waals surface area contributed by atoms with Gasteiger partial charge in [-0.2, -0.15) is 4.98 Å². The summed E-state index contributed by atoms with van der Waals surface area (Å²) in [5, 5.41) is 6.27. The van der Waals surface area contributed by atoms with Gasteiger partial charge in [0.25, 0.3) is 0 Å². The van der Waals surface area contributed by atoms with E-state index in [2.05, 4.69) is 32.2 Å². The monoisotopic (exact) mass is 371 g/mol. The molecular formula is C20H29N5O2. The van der Waals surface area contributed by atoms with Crippen molar-refractivity contribution in [2.24, 2.45) is 0 Å². The number of aromatic nitrogens is 3. The van der Waals surface area contributed by atoms with E-state index in [-0.39, 0.29) is 0 Å². The van der Waals surface area contributed by atoms with Crippen LogP contribution >= 0.6 is 0 Å². The summed E-state index contributed by atoms with van der Waals surface area (Å²) in [5.41, 5.74) is 1.07. The lowest BCUT2D eigenvalue weighted by Crippen LogP contribution is -2.17. The molecule has 0 saturated carbocycles. The Bertz CT molecular complexity index is 691. The zero-order valence-corrected chi connectivity index (χ0v) is 16.2. The number of hydrogen-bond acceptors (Lipinski definition) is 7. The van der Waals surface area contributed by atoms with Crippen LogP contribution in [0.15, 0.2) is 43.1 Å². The molecule has 4 rings (SSSR count). The van der Waals surface area contributed by atoms with Gasteiger partial charge >= 0.3 is 0 Å². The first-order chi connectivity index (χ1) is 13.3. The van der Waals surface area contributed by atoms with E-state index in [0.29, 0.717) is 36.7 Å². The minimum Gasteiger partial charge on any atom is -0.480 e. The topological polar surface area (TPSA) is 81.2 Å². The fraction of sp³-hybridized carbons (Fsp3) is 0.450. The van der Waals surface area contributed by atoms with Crippen LogP contribution < -0.4 is 15.4 Å². The largest absolute Gasteiger partial charge is 0.480 e. The highest BCUT2D eigenvalue weighted by molar-refractivity contribution is 5.48. The van der Waals surface area contributed by atoms with Gasteiger partial charge in [0.1, 0.15) is 5.82 Å². The maximum Gasteiger partial charge on any atom is 0.228 e. The van der Waals surface area contributed by atoms with Crippen LogP contribution in [-0.2, 0) is 11.2 Å². The van der Waals surface area contributed by atoms with Crippen molar-refractivity contribution in [3.05, 3.63) is 48.6 Å². The Morgan fingerprint density at radius 2 is 1.78 bits per heavy atom. The van der Waals surface area contributed by atoms with Crippen molar-refractivity contribution in [3.8, 4) is 5.88 Å². The van der Waals surface area contributed by atoms with Crippen molar-refractivity contribution >= 4 is 11.8 Å². The highest BCUT2D eigenvalue weighted by Crippen LogP contribution is 2.15. The van der Waals surface area contributed by atoms with Gasteiger partial charge in [-0.15, -0.1) is 0 Å². The molecule has 0 fully saturated rings. The van der Waals surface area contributed by atoms with Crippen molar-refractivity contribution in [1.29, 1.82) is 0 Å². The molecule has 2 aromatic rings. The number of fused-ring (bicyclic) bond motifs is 12. The Hall–Kier alpha value is -2.83. The average Bonchev–Trinajstić information content (AvgIpc) is 2.70. The number of nitrogens with one attached hydrogen (secondary N) is 2. The van der Waals surface area contributed by atoms with Crippen molar-refractivity contribution < 1.29 is 9.47 Å². The van der Waals surface area contributed by atoms with E-state index < -0.39 is 0 Å². The number of rotatable bonds is 0. The van der Waals surface area contributed by atoms with E-state index in [4.69, 9.17) is 9.47 Å². The molecule has 0 radical (unpaired) electrons. The maximum absolute atomic E-state index is 5.69. The Labute approximate surface area is 161 Å². The van der Waals surface area contributed by atoms with Gasteiger partial charge in [-0.25, -0.2) is 9.97 Å². The van der Waals surface area contributed by atoms with Crippen molar-refractivity contribution in [3.63, 3.8) is 0 Å². The molecule has 4 heterocycles. The van der Waals surface area contributed by atoms with Gasteiger partial charge in [0.05, 0.1) is 13.2 Å². The van der Waals surface area contributed by atoms with Crippen molar-refractivity contribution in [2.75, 3.05) is 25.1 Å². The molecule has 0 atom stereocenters. The normalized spacial score (nSPS) is 15.3. The fourth-order valence-electron chi connectivity index (χ4n) is 2.38. The Morgan fingerprint density at radius 1 is 1.00 bits per heavy atom. The van der Waals surface area contributed by atoms with Crippen molar-refractivity contribution in [1.82, 2.24) is 20.3 Å². The first-order valence-corrected chi connectivity index (χ1v) is 9.53. The third kappa shape index (κ3) is 7.52. The summed E-state index contributed by atoms with van der Waals surface area (Å²) in [6.45, 7) is 9.91. The fourth-order valence-corrected chi connectivity index (χ4v) is 2.38. The van der Waals surface area contributed by atoms with Crippen LogP contribution in [0.3, 0.4) is 0 Å². The van der Waals surface area contributed by atoms with Crippen LogP contribution in [0.5, 0.6) is 5.88 Å². The van der Waals surface area contributed by atoms with E-state index in [0.717, 1.165) is 37.8 Å². The lowest BCUT2D eigenvalue weighted by atomic mass is 10.2. The van der Waals surface area contributed by atoms with Gasteiger partial charge in [0, 0.05) is 25.0 Å². The van der Waals surface area contributed by atoms with Crippen molar-refractivity contribution in [2.45, 2.75) is 39.5 Å². The second-order valence-corrected chi connectivity index (χ2v) is 5.76. The summed E-state index contributed by atoms with van der Waals surface area (Å²) in [5.74, 6) is 2.37. The molecule has 7 heteroatoms. The summed E-state index contributed by atoms with van der Waals surface area (Å²) in [4.78, 5) is 13.1. The van der Waals surface area contributed by atoms with Gasteiger partial charge in [-0.3, -0.25) is 0 Å². The Balaban J connectivity index is 0.00000126. The molecule has 0 saturated heterocycles. The second-order valence-electron chi connectivity index (χ2n) is 5.76. The predicted octanol–water partition coefficient (Wildman–Crippen LogP) is 3.82. The Morgan fingerprint density at radius 3 is 2.59 bits per heavy atom. The van der Waals surface area contributed by atoms with Gasteiger partial charge in [-0.1, -0.05) is 19.9 Å². The molecule has 0 unspecified atom stereocenters. The number of anilines is 2. The van der Waals surface area contributed by atoms with Crippen LogP contribution in [0.1, 0.15) is 38.7 Å². The average molecular weight is 371 g/mol. The first kappa shape index (κ1) is 20.5. The molecule has 2 aliphatic heterocycles. The molecule has 0 aromatic carbocycles. The molecule has 0 amide bonds. The molecule has 0 aliphatic carbocycles. The molecule has 4 bridgehead atoms. The van der Waals surface area contributed by atoms with Crippen LogP contribution in [0.4, 0.5) is 11.8 Å². The summed E-state index contributed by atoms with van der Waals surface area (Å²) in [6.07, 6.45) is 7.26. The van der Waals surface area contributed by atoms with E-state index in [1.54, 1.807) is 0 Å². The third-order valence-electron chi connectivity index (χ3n) is 3.70. The molecule has 146 valence electrons. The standard InChI is InChI=1S/C18H23N5O2.C2H6/c1-14-19-9-2-3-10-25-17-8-4-7-16(22-17)23-18-20-12-15(13-21-18)6-5-11-24-14;1-2/h4,7-8,12-13,19H,1-3,5-6,9-11H2,(H,20,21,22,23);1-2H3. The van der Waals surface area contributed by atoms with Gasteiger partial charge in [-0.05, 0) is 43.9 Å². The Kier molecular flexibility index (Phi) is 8.89. The van der Waals surface area contributed by atoms with Crippen LogP contribution in [0, 0.1) is 0 Å². The summed E-state index contributed by atoms with van der Waals surface area (Å²) >= 11 is 0. The van der Waals surface area contributed by atoms with E-state index in [9.17, 15) is 0 Å². The van der Waals surface area contributed by atoms with Gasteiger partial charge < -0.3 is 20.1 Å². The zero-order valence-electron chi connectivity index (χ0n) is 16.2. The highest BCUT2D eigenvalue weighted by Gasteiger charge is 2.04. The number of aryl methyl sites for hydroxylation is 1. The highest BCUT2D eigenvalue weighted by atomic mass is 16.5. The van der Waals surface area contributed by atoms with Gasteiger partial charge in [0.2, 0.25) is 11.8 Å². The number of hydrogen-bond donors (Lipinski definition) is 2. The lowest BCUT2D eigenvalue weighted by Gasteiger charge is -2.11. The maximum atomic E-state index is 5.69. The minimum absolute atomic E-state index is 0.514. The van der Waals surface area contributed by atoms with E-state index in [1.165, 1.54) is 0 Å². The molecule has 2 N–H and O–H groups in total. The van der Waals surface area contributed by atoms with E-state index in [1.807, 2.05) is 44.4 Å². The zero-order chi connectivity index (χ0) is 19.3. The molecule has 7 nitrogen and oxygen atoms in total. The molecule has 0 spiro atoms. The predicted molar refractivity (Wildman–Crippen MR) is 107 cm³/mol. The molecule has 27 heavy (non-hydrogen) atoms. The van der Waals surface area contributed by atoms with Gasteiger partial charge in [0.15, 0.2) is 5.88 Å². The number of pyridine rings is 1. The molecular weight excluding hydrogens is 342 g/mol. The van der Waals surface area contributed by atoms with E-state index >= 15 is 0 Å². The second kappa shape index (κ2) is 11.7. The quantitative estimate of drug-likeness (QED) is 0.728. The first-order valence-electron chi connectivity index (χ1n) is 9.53. The summed E-state index contributed by atoms with van der Waals surface area (Å²) in [7, 11) is 0. The molecule has 2 aliphatic rings. The van der Waals surface area contributed by atoms with Crippen LogP contribution in [-0.4, -0.2) is 34.7 Å². The number of nitrogens with zero attached hydrogens (tertiary/aromatic N) is 3. The minimum atomic E-state index is 0.514. The SMILES string of the molecule is C=C1NCCCCOc2cccc(n2)Nc2ncc(cn2)CCCO1.CC.